The summed E-state index contributed by atoms with van der Waals surface area (Å²) in [4.78, 5) is 29.5. The molecule has 10 nitrogen and oxygen atoms in total. The third-order valence-corrected chi connectivity index (χ3v) is 5.48. The van der Waals surface area contributed by atoms with Crippen molar-refractivity contribution in [1.29, 1.82) is 0 Å². The number of nitrogens with zero attached hydrogens (tertiary/aromatic N) is 5. The molecule has 2 amide bonds. The number of aromatic hydroxyl groups is 1. The first-order valence-electron chi connectivity index (χ1n) is 10.8. The van der Waals surface area contributed by atoms with Crippen LogP contribution in [-0.4, -0.2) is 54.7 Å². The lowest BCUT2D eigenvalue weighted by Gasteiger charge is -2.19. The number of carbonyl (C=O) groups excluding carboxylic acids is 2. The fourth-order valence-electron chi connectivity index (χ4n) is 3.55. The fourth-order valence-corrected chi connectivity index (χ4v) is 3.75. The van der Waals surface area contributed by atoms with Crippen LogP contribution in [0.15, 0.2) is 73.2 Å². The summed E-state index contributed by atoms with van der Waals surface area (Å²) in [6.07, 6.45) is 3.56. The lowest BCUT2D eigenvalue weighted by Crippen LogP contribution is -2.48. The van der Waals surface area contributed by atoms with Crippen molar-refractivity contribution >= 4 is 23.4 Å². The number of tetrazole rings is 1. The van der Waals surface area contributed by atoms with E-state index in [4.69, 9.17) is 11.6 Å². The van der Waals surface area contributed by atoms with E-state index in [1.807, 2.05) is 30.3 Å². The van der Waals surface area contributed by atoms with Gasteiger partial charge in [0.05, 0.1) is 5.69 Å². The fraction of sp³-hybridized carbons (Fsp3) is 0.167. The zero-order chi connectivity index (χ0) is 24.6. The predicted molar refractivity (Wildman–Crippen MR) is 128 cm³/mol. The summed E-state index contributed by atoms with van der Waals surface area (Å²) in [5, 5.41) is 27.0. The van der Waals surface area contributed by atoms with Gasteiger partial charge in [-0.3, -0.25) is 9.59 Å². The van der Waals surface area contributed by atoms with Crippen molar-refractivity contribution in [1.82, 2.24) is 35.8 Å². The summed E-state index contributed by atoms with van der Waals surface area (Å²) < 4.78 is 1.52. The summed E-state index contributed by atoms with van der Waals surface area (Å²) in [6.45, 7) is 0.297. The Morgan fingerprint density at radius 2 is 1.91 bits per heavy atom. The van der Waals surface area contributed by atoms with Crippen LogP contribution in [0.4, 0.5) is 0 Å². The molecule has 0 saturated carbocycles. The molecule has 35 heavy (non-hydrogen) atoms. The molecule has 2 aromatic heterocycles. The van der Waals surface area contributed by atoms with E-state index >= 15 is 0 Å². The van der Waals surface area contributed by atoms with Crippen LogP contribution in [0.5, 0.6) is 5.88 Å². The van der Waals surface area contributed by atoms with Gasteiger partial charge in [0.2, 0.25) is 11.8 Å². The average molecular weight is 492 g/mol. The molecule has 0 spiro atoms. The molecule has 2 heterocycles. The monoisotopic (exact) mass is 491 g/mol. The van der Waals surface area contributed by atoms with Gasteiger partial charge >= 0.3 is 0 Å². The molecule has 178 valence electrons. The molecular weight excluding hydrogens is 470 g/mol. The van der Waals surface area contributed by atoms with Crippen LogP contribution < -0.4 is 10.6 Å². The van der Waals surface area contributed by atoms with Crippen molar-refractivity contribution in [2.75, 3.05) is 6.54 Å². The Morgan fingerprint density at radius 1 is 1.09 bits per heavy atom. The topological polar surface area (TPSA) is 135 Å². The Bertz CT molecular complexity index is 1300. The Hall–Kier alpha value is -4.31. The van der Waals surface area contributed by atoms with Gasteiger partial charge in [0.25, 0.3) is 5.91 Å². The van der Waals surface area contributed by atoms with Crippen LogP contribution in [0.25, 0.3) is 5.69 Å². The number of hydrogen-bond donors (Lipinski definition) is 3. The van der Waals surface area contributed by atoms with Gasteiger partial charge in [0.1, 0.15) is 12.4 Å². The van der Waals surface area contributed by atoms with Crippen LogP contribution in [-0.2, 0) is 17.6 Å². The lowest BCUT2D eigenvalue weighted by atomic mass is 10.0. The minimum absolute atomic E-state index is 0.202. The molecule has 0 radical (unpaired) electrons. The minimum atomic E-state index is -0.835. The summed E-state index contributed by atoms with van der Waals surface area (Å²) in [6, 6.07) is 16.6. The largest absolute Gasteiger partial charge is 0.493 e. The molecule has 0 aliphatic rings. The third kappa shape index (κ3) is 6.39. The normalized spacial score (nSPS) is 11.6. The van der Waals surface area contributed by atoms with Crippen LogP contribution in [0.2, 0.25) is 5.02 Å². The zero-order valence-electron chi connectivity index (χ0n) is 18.5. The minimum Gasteiger partial charge on any atom is -0.493 e. The number of pyridine rings is 1. The number of amides is 2. The number of hydrogen-bond acceptors (Lipinski definition) is 7. The van der Waals surface area contributed by atoms with Gasteiger partial charge in [-0.05, 0) is 52.2 Å². The zero-order valence-corrected chi connectivity index (χ0v) is 19.3. The smallest absolute Gasteiger partial charge is 0.252 e. The molecule has 0 bridgehead atoms. The van der Waals surface area contributed by atoms with E-state index in [0.29, 0.717) is 24.4 Å². The maximum atomic E-state index is 13.1. The van der Waals surface area contributed by atoms with Gasteiger partial charge in [-0.2, -0.15) is 0 Å². The molecule has 1 unspecified atom stereocenters. The highest BCUT2D eigenvalue weighted by Crippen LogP contribution is 2.19. The maximum absolute atomic E-state index is 13.1. The molecule has 0 aliphatic carbocycles. The SMILES string of the molecule is O=C(NC(Cc1ccccc1)C(=O)NCCc1cc(Cl)ccc1-n1cnnn1)c1ccnc(O)c1. The highest BCUT2D eigenvalue weighted by atomic mass is 35.5. The second-order valence-electron chi connectivity index (χ2n) is 7.69. The molecule has 1 atom stereocenters. The highest BCUT2D eigenvalue weighted by molar-refractivity contribution is 6.30. The first-order chi connectivity index (χ1) is 17.0. The molecule has 2 aromatic carbocycles. The van der Waals surface area contributed by atoms with E-state index in [1.54, 1.807) is 18.2 Å². The summed E-state index contributed by atoms with van der Waals surface area (Å²) in [7, 11) is 0. The lowest BCUT2D eigenvalue weighted by molar-refractivity contribution is -0.122. The summed E-state index contributed by atoms with van der Waals surface area (Å²) in [5.74, 6) is -1.11. The second kappa shape index (κ2) is 11.2. The van der Waals surface area contributed by atoms with Crippen LogP contribution >= 0.6 is 11.6 Å². The highest BCUT2D eigenvalue weighted by Gasteiger charge is 2.22. The number of rotatable bonds is 9. The van der Waals surface area contributed by atoms with Crippen LogP contribution in [0, 0.1) is 0 Å². The number of benzene rings is 2. The van der Waals surface area contributed by atoms with Gasteiger partial charge in [-0.1, -0.05) is 41.9 Å². The maximum Gasteiger partial charge on any atom is 0.252 e. The Kier molecular flexibility index (Phi) is 7.63. The van der Waals surface area contributed by atoms with Crippen molar-refractivity contribution in [3.63, 3.8) is 0 Å². The molecule has 0 fully saturated rings. The molecule has 3 N–H and O–H groups in total. The van der Waals surface area contributed by atoms with Gasteiger partial charge in [-0.15, -0.1) is 5.10 Å². The van der Waals surface area contributed by atoms with E-state index in [1.165, 1.54) is 29.3 Å². The Balaban J connectivity index is 1.45. The summed E-state index contributed by atoms with van der Waals surface area (Å²) in [5.41, 5.74) is 2.69. The predicted octanol–water partition coefficient (Wildman–Crippen LogP) is 2.12. The van der Waals surface area contributed by atoms with E-state index in [2.05, 4.69) is 31.1 Å². The van der Waals surface area contributed by atoms with Crippen LogP contribution in [0.1, 0.15) is 21.5 Å². The van der Waals surface area contributed by atoms with Gasteiger partial charge in [0.15, 0.2) is 0 Å². The second-order valence-corrected chi connectivity index (χ2v) is 8.12. The molecule has 11 heteroatoms. The van der Waals surface area contributed by atoms with Crippen molar-refractivity contribution < 1.29 is 14.7 Å². The molecular formula is C24H22ClN7O3. The number of aromatic nitrogens is 5. The number of halogens is 1. The van der Waals surface area contributed by atoms with E-state index in [9.17, 15) is 14.7 Å². The summed E-state index contributed by atoms with van der Waals surface area (Å²) >= 11 is 6.17. The number of carbonyl (C=O) groups is 2. The standard InChI is InChI=1S/C24H22ClN7O3/c25-19-6-7-21(32-15-28-30-31-32)17(13-19)8-11-27-24(35)20(12-16-4-2-1-3-5-16)29-23(34)18-9-10-26-22(33)14-18/h1-7,9-10,13-15,20H,8,11-12H2,(H,26,33)(H,27,35)(H,29,34). The van der Waals surface area contributed by atoms with E-state index in [-0.39, 0.29) is 17.4 Å². The third-order valence-electron chi connectivity index (χ3n) is 5.24. The van der Waals surface area contributed by atoms with Gasteiger partial charge in [0, 0.05) is 35.8 Å². The quantitative estimate of drug-likeness (QED) is 0.326. The van der Waals surface area contributed by atoms with Crippen LogP contribution in [0.3, 0.4) is 0 Å². The molecule has 0 saturated heterocycles. The van der Waals surface area contributed by atoms with Crippen molar-refractivity contribution in [3.8, 4) is 11.6 Å². The number of nitrogens with one attached hydrogen (secondary N) is 2. The Labute approximate surface area is 206 Å². The van der Waals surface area contributed by atoms with E-state index in [0.717, 1.165) is 16.8 Å². The average Bonchev–Trinajstić information content (AvgIpc) is 3.39. The molecule has 0 aliphatic heterocycles. The van der Waals surface area contributed by atoms with Gasteiger partial charge in [-0.25, -0.2) is 9.67 Å². The van der Waals surface area contributed by atoms with Gasteiger partial charge < -0.3 is 15.7 Å². The van der Waals surface area contributed by atoms with Crippen molar-refractivity contribution in [2.24, 2.45) is 0 Å². The van der Waals surface area contributed by atoms with Crippen molar-refractivity contribution in [2.45, 2.75) is 18.9 Å². The molecule has 4 rings (SSSR count). The first-order valence-corrected chi connectivity index (χ1v) is 11.2. The molecule has 4 aromatic rings. The van der Waals surface area contributed by atoms with E-state index < -0.39 is 11.9 Å². The van der Waals surface area contributed by atoms with Crippen molar-refractivity contribution in [3.05, 3.63) is 94.9 Å². The Morgan fingerprint density at radius 3 is 2.66 bits per heavy atom. The first kappa shape index (κ1) is 23.8.